The Morgan fingerprint density at radius 3 is 2.50 bits per heavy atom. The molecule has 0 saturated heterocycles. The standard InChI is InChI=1S/C13H10F3N3O3/c14-13(15,16)6-1-2-8-7(3-6)9(18-5-11(20)21)4-10(19-8)12(17)22/h1-4H,5H2,(H2,17,22)(H,18,19)(H,20,21). The van der Waals surface area contributed by atoms with Crippen molar-refractivity contribution in [3.8, 4) is 0 Å². The molecule has 1 aromatic carbocycles. The van der Waals surface area contributed by atoms with Crippen LogP contribution in [0, 0.1) is 0 Å². The number of primary amides is 1. The normalized spacial score (nSPS) is 11.4. The second-order valence-electron chi connectivity index (χ2n) is 4.40. The van der Waals surface area contributed by atoms with Crippen LogP contribution >= 0.6 is 0 Å². The number of carbonyl (C=O) groups is 2. The molecule has 0 aliphatic rings. The number of fused-ring (bicyclic) bond motifs is 1. The Hall–Kier alpha value is -2.84. The fourth-order valence-electron chi connectivity index (χ4n) is 1.85. The largest absolute Gasteiger partial charge is 0.480 e. The Labute approximate surface area is 121 Å². The van der Waals surface area contributed by atoms with Crippen molar-refractivity contribution < 1.29 is 27.9 Å². The van der Waals surface area contributed by atoms with Crippen molar-refractivity contribution >= 4 is 28.5 Å². The van der Waals surface area contributed by atoms with E-state index in [2.05, 4.69) is 10.3 Å². The average Bonchev–Trinajstić information content (AvgIpc) is 2.42. The van der Waals surface area contributed by atoms with Crippen LogP contribution in [0.5, 0.6) is 0 Å². The molecule has 0 saturated carbocycles. The summed E-state index contributed by atoms with van der Waals surface area (Å²) >= 11 is 0. The van der Waals surface area contributed by atoms with Crippen molar-refractivity contribution in [2.24, 2.45) is 5.73 Å². The summed E-state index contributed by atoms with van der Waals surface area (Å²) in [7, 11) is 0. The molecule has 1 aromatic heterocycles. The number of nitrogens with zero attached hydrogens (tertiary/aromatic N) is 1. The molecule has 2 aromatic rings. The number of hydrogen-bond acceptors (Lipinski definition) is 4. The lowest BCUT2D eigenvalue weighted by Crippen LogP contribution is -2.16. The number of nitrogens with one attached hydrogen (secondary N) is 1. The molecule has 0 atom stereocenters. The minimum atomic E-state index is -4.55. The van der Waals surface area contributed by atoms with Crippen LogP contribution in [0.1, 0.15) is 16.1 Å². The lowest BCUT2D eigenvalue weighted by Gasteiger charge is -2.12. The Morgan fingerprint density at radius 2 is 1.95 bits per heavy atom. The lowest BCUT2D eigenvalue weighted by molar-refractivity contribution is -0.137. The number of aromatic nitrogens is 1. The number of halogens is 3. The first-order valence-corrected chi connectivity index (χ1v) is 5.96. The van der Waals surface area contributed by atoms with Crippen LogP contribution in [0.4, 0.5) is 18.9 Å². The number of carboxylic acids is 1. The second kappa shape index (κ2) is 5.51. The van der Waals surface area contributed by atoms with Gasteiger partial charge in [0, 0.05) is 11.1 Å². The van der Waals surface area contributed by atoms with Crippen LogP contribution in [0.15, 0.2) is 24.3 Å². The molecule has 0 aliphatic heterocycles. The van der Waals surface area contributed by atoms with E-state index in [4.69, 9.17) is 10.8 Å². The number of nitrogens with two attached hydrogens (primary N) is 1. The summed E-state index contributed by atoms with van der Waals surface area (Å²) in [6, 6.07) is 3.86. The number of pyridine rings is 1. The van der Waals surface area contributed by atoms with Gasteiger partial charge in [-0.05, 0) is 24.3 Å². The summed E-state index contributed by atoms with van der Waals surface area (Å²) in [6.45, 7) is -0.534. The molecule has 116 valence electrons. The van der Waals surface area contributed by atoms with Crippen molar-refractivity contribution in [3.63, 3.8) is 0 Å². The first-order valence-electron chi connectivity index (χ1n) is 5.96. The molecular formula is C13H10F3N3O3. The van der Waals surface area contributed by atoms with E-state index in [0.29, 0.717) is 0 Å². The summed E-state index contributed by atoms with van der Waals surface area (Å²) in [4.78, 5) is 25.7. The number of carboxylic acid groups (broad SMARTS) is 1. The number of aliphatic carboxylic acids is 1. The Kier molecular flexibility index (Phi) is 3.89. The highest BCUT2D eigenvalue weighted by Crippen LogP contribution is 2.33. The van der Waals surface area contributed by atoms with Gasteiger partial charge in [-0.3, -0.25) is 9.59 Å². The molecule has 0 fully saturated rings. The van der Waals surface area contributed by atoms with Crippen LogP contribution in [0.2, 0.25) is 0 Å². The first-order chi connectivity index (χ1) is 10.2. The number of amides is 1. The number of alkyl halides is 3. The molecule has 0 radical (unpaired) electrons. The highest BCUT2D eigenvalue weighted by molar-refractivity contribution is 5.99. The zero-order valence-electron chi connectivity index (χ0n) is 10.9. The van der Waals surface area contributed by atoms with Gasteiger partial charge in [0.15, 0.2) is 0 Å². The quantitative estimate of drug-likeness (QED) is 0.799. The molecule has 0 aliphatic carbocycles. The number of carbonyl (C=O) groups excluding carboxylic acids is 1. The Morgan fingerprint density at radius 1 is 1.27 bits per heavy atom. The smallest absolute Gasteiger partial charge is 0.416 e. The maximum atomic E-state index is 12.8. The van der Waals surface area contributed by atoms with Crippen molar-refractivity contribution in [3.05, 3.63) is 35.5 Å². The minimum Gasteiger partial charge on any atom is -0.480 e. The van der Waals surface area contributed by atoms with Gasteiger partial charge >= 0.3 is 12.1 Å². The molecule has 4 N–H and O–H groups in total. The van der Waals surface area contributed by atoms with Gasteiger partial charge in [0.2, 0.25) is 0 Å². The highest BCUT2D eigenvalue weighted by Gasteiger charge is 2.30. The molecule has 1 heterocycles. The molecule has 9 heteroatoms. The van der Waals surface area contributed by atoms with Crippen LogP contribution in [0.3, 0.4) is 0 Å². The minimum absolute atomic E-state index is 0.0345. The second-order valence-corrected chi connectivity index (χ2v) is 4.40. The number of benzene rings is 1. The predicted octanol–water partition coefficient (Wildman–Crippen LogP) is 1.85. The van der Waals surface area contributed by atoms with E-state index in [9.17, 15) is 22.8 Å². The first kappa shape index (κ1) is 15.5. The molecule has 0 unspecified atom stereocenters. The lowest BCUT2D eigenvalue weighted by atomic mass is 10.1. The van der Waals surface area contributed by atoms with E-state index >= 15 is 0 Å². The number of hydrogen-bond donors (Lipinski definition) is 3. The van der Waals surface area contributed by atoms with E-state index in [-0.39, 0.29) is 22.3 Å². The van der Waals surface area contributed by atoms with E-state index < -0.39 is 30.2 Å². The Balaban J connectivity index is 2.63. The molecule has 22 heavy (non-hydrogen) atoms. The van der Waals surface area contributed by atoms with Crippen LogP contribution < -0.4 is 11.1 Å². The van der Waals surface area contributed by atoms with E-state index in [1.165, 1.54) is 0 Å². The predicted molar refractivity (Wildman–Crippen MR) is 71.4 cm³/mol. The van der Waals surface area contributed by atoms with Gasteiger partial charge in [0.1, 0.15) is 12.2 Å². The van der Waals surface area contributed by atoms with Gasteiger partial charge in [-0.15, -0.1) is 0 Å². The van der Waals surface area contributed by atoms with Gasteiger partial charge in [0.05, 0.1) is 11.1 Å². The van der Waals surface area contributed by atoms with E-state index in [1.807, 2.05) is 0 Å². The highest BCUT2D eigenvalue weighted by atomic mass is 19.4. The summed E-state index contributed by atoms with van der Waals surface area (Å²) in [5.74, 6) is -2.09. The van der Waals surface area contributed by atoms with Gasteiger partial charge in [-0.2, -0.15) is 13.2 Å². The zero-order chi connectivity index (χ0) is 16.5. The van der Waals surface area contributed by atoms with Crippen LogP contribution in [0.25, 0.3) is 10.9 Å². The summed E-state index contributed by atoms with van der Waals surface area (Å²) in [5.41, 5.74) is 4.14. The maximum Gasteiger partial charge on any atom is 0.416 e. The van der Waals surface area contributed by atoms with Crippen molar-refractivity contribution in [2.45, 2.75) is 6.18 Å². The van der Waals surface area contributed by atoms with E-state index in [0.717, 1.165) is 24.3 Å². The average molecular weight is 313 g/mol. The van der Waals surface area contributed by atoms with Gasteiger partial charge in [0.25, 0.3) is 5.91 Å². The monoisotopic (exact) mass is 313 g/mol. The van der Waals surface area contributed by atoms with Crippen molar-refractivity contribution in [2.75, 3.05) is 11.9 Å². The fourth-order valence-corrected chi connectivity index (χ4v) is 1.85. The summed E-state index contributed by atoms with van der Waals surface area (Å²) in [5, 5.41) is 11.1. The molecule has 1 amide bonds. The van der Waals surface area contributed by atoms with E-state index in [1.54, 1.807) is 0 Å². The molecular weight excluding hydrogens is 303 g/mol. The third kappa shape index (κ3) is 3.25. The van der Waals surface area contributed by atoms with Gasteiger partial charge < -0.3 is 16.2 Å². The molecule has 0 spiro atoms. The topological polar surface area (TPSA) is 105 Å². The van der Waals surface area contributed by atoms with Crippen molar-refractivity contribution in [1.29, 1.82) is 0 Å². The Bertz CT molecular complexity index is 759. The number of anilines is 1. The van der Waals surface area contributed by atoms with Gasteiger partial charge in [-0.1, -0.05) is 0 Å². The summed E-state index contributed by atoms with van der Waals surface area (Å²) < 4.78 is 38.3. The zero-order valence-corrected chi connectivity index (χ0v) is 10.9. The molecule has 2 rings (SSSR count). The number of rotatable bonds is 4. The van der Waals surface area contributed by atoms with Crippen LogP contribution in [-0.4, -0.2) is 28.5 Å². The molecule has 6 nitrogen and oxygen atoms in total. The van der Waals surface area contributed by atoms with Crippen molar-refractivity contribution in [1.82, 2.24) is 4.98 Å². The summed E-state index contributed by atoms with van der Waals surface area (Å²) in [6.07, 6.45) is -4.55. The third-order valence-corrected chi connectivity index (χ3v) is 2.82. The van der Waals surface area contributed by atoms with Gasteiger partial charge in [-0.25, -0.2) is 4.98 Å². The maximum absolute atomic E-state index is 12.8. The third-order valence-electron chi connectivity index (χ3n) is 2.82. The van der Waals surface area contributed by atoms with Crippen LogP contribution in [-0.2, 0) is 11.0 Å². The molecule has 0 bridgehead atoms. The fraction of sp³-hybridized carbons (Fsp3) is 0.154. The SMILES string of the molecule is NC(=O)c1cc(NCC(=O)O)c2cc(C(F)(F)F)ccc2n1.